The van der Waals surface area contributed by atoms with Crippen LogP contribution in [0.3, 0.4) is 0 Å². The number of carbonyl (C=O) groups excluding carboxylic acids is 2. The molecule has 0 radical (unpaired) electrons. The zero-order valence-corrected chi connectivity index (χ0v) is 14.3. The number of benzene rings is 2. The Balaban J connectivity index is 2.05. The fourth-order valence-electron chi connectivity index (χ4n) is 2.41. The van der Waals surface area contributed by atoms with Gasteiger partial charge in [-0.05, 0) is 54.5 Å². The van der Waals surface area contributed by atoms with Gasteiger partial charge < -0.3 is 0 Å². The van der Waals surface area contributed by atoms with Crippen LogP contribution in [0.15, 0.2) is 54.1 Å². The highest BCUT2D eigenvalue weighted by Gasteiger charge is 2.34. The van der Waals surface area contributed by atoms with Gasteiger partial charge in [0.15, 0.2) is 5.11 Å². The molecule has 0 atom stereocenters. The smallest absolute Gasteiger partial charge is 0.270 e. The van der Waals surface area contributed by atoms with Crippen LogP contribution < -0.4 is 10.2 Å². The van der Waals surface area contributed by atoms with Crippen LogP contribution in [0.4, 0.5) is 5.69 Å². The average molecular weight is 357 g/mol. The number of anilines is 1. The summed E-state index contributed by atoms with van der Waals surface area (Å²) in [5.41, 5.74) is 2.30. The summed E-state index contributed by atoms with van der Waals surface area (Å²) in [4.78, 5) is 26.3. The normalized spacial score (nSPS) is 16.5. The van der Waals surface area contributed by atoms with Crippen LogP contribution in [0.25, 0.3) is 6.08 Å². The van der Waals surface area contributed by atoms with Gasteiger partial charge in [-0.2, -0.15) is 0 Å². The molecule has 2 aromatic rings. The molecule has 0 saturated carbocycles. The Hall–Kier alpha value is -2.50. The lowest BCUT2D eigenvalue weighted by Crippen LogP contribution is -2.54. The van der Waals surface area contributed by atoms with E-state index in [1.165, 1.54) is 4.90 Å². The first-order chi connectivity index (χ1) is 11.5. The van der Waals surface area contributed by atoms with Crippen molar-refractivity contribution in [2.75, 3.05) is 4.90 Å². The first kappa shape index (κ1) is 16.4. The largest absolute Gasteiger partial charge is 0.298 e. The molecule has 0 aliphatic carbocycles. The summed E-state index contributed by atoms with van der Waals surface area (Å²) < 4.78 is 0. The number of thiocarbonyl (C=S) groups is 1. The van der Waals surface area contributed by atoms with E-state index < -0.39 is 11.8 Å². The van der Waals surface area contributed by atoms with Crippen molar-refractivity contribution in [3.05, 3.63) is 70.3 Å². The summed E-state index contributed by atoms with van der Waals surface area (Å²) in [5.74, 6) is -0.985. The Morgan fingerprint density at radius 3 is 2.58 bits per heavy atom. The molecule has 120 valence electrons. The predicted molar refractivity (Wildman–Crippen MR) is 98.8 cm³/mol. The lowest BCUT2D eigenvalue weighted by atomic mass is 10.0. The van der Waals surface area contributed by atoms with E-state index in [9.17, 15) is 9.59 Å². The van der Waals surface area contributed by atoms with E-state index in [1.54, 1.807) is 30.3 Å². The van der Waals surface area contributed by atoms with Crippen molar-refractivity contribution in [2.45, 2.75) is 6.92 Å². The summed E-state index contributed by atoms with van der Waals surface area (Å²) in [5, 5.41) is 3.07. The summed E-state index contributed by atoms with van der Waals surface area (Å²) in [6.45, 7) is 1.91. The maximum absolute atomic E-state index is 12.8. The van der Waals surface area contributed by atoms with E-state index in [4.69, 9.17) is 23.8 Å². The van der Waals surface area contributed by atoms with Crippen LogP contribution in [0.2, 0.25) is 5.02 Å². The molecular weight excluding hydrogens is 344 g/mol. The monoisotopic (exact) mass is 356 g/mol. The Morgan fingerprint density at radius 2 is 1.88 bits per heavy atom. The van der Waals surface area contributed by atoms with Crippen LogP contribution in [-0.2, 0) is 9.59 Å². The number of amides is 2. The average Bonchev–Trinajstić information content (AvgIpc) is 2.53. The van der Waals surface area contributed by atoms with Gasteiger partial charge in [0.2, 0.25) is 0 Å². The first-order valence-electron chi connectivity index (χ1n) is 7.20. The Kier molecular flexibility index (Phi) is 4.46. The van der Waals surface area contributed by atoms with Crippen LogP contribution in [0.5, 0.6) is 0 Å². The number of nitrogens with one attached hydrogen (secondary N) is 1. The van der Waals surface area contributed by atoms with Crippen LogP contribution in [-0.4, -0.2) is 16.9 Å². The molecule has 3 rings (SSSR count). The maximum Gasteiger partial charge on any atom is 0.270 e. The molecule has 0 bridgehead atoms. The number of halogens is 1. The van der Waals surface area contributed by atoms with Crippen molar-refractivity contribution < 1.29 is 9.59 Å². The molecule has 1 fully saturated rings. The van der Waals surface area contributed by atoms with Crippen molar-refractivity contribution in [3.63, 3.8) is 0 Å². The minimum atomic E-state index is -0.508. The van der Waals surface area contributed by atoms with Crippen molar-refractivity contribution in [1.29, 1.82) is 0 Å². The van der Waals surface area contributed by atoms with Gasteiger partial charge in [0.05, 0.1) is 5.69 Å². The lowest BCUT2D eigenvalue weighted by molar-refractivity contribution is -0.122. The van der Waals surface area contributed by atoms with Gasteiger partial charge in [0.25, 0.3) is 11.8 Å². The molecule has 1 aliphatic rings. The van der Waals surface area contributed by atoms with E-state index in [2.05, 4.69) is 5.32 Å². The lowest BCUT2D eigenvalue weighted by Gasteiger charge is -2.29. The highest BCUT2D eigenvalue weighted by molar-refractivity contribution is 7.80. The van der Waals surface area contributed by atoms with E-state index in [-0.39, 0.29) is 10.7 Å². The first-order valence-corrected chi connectivity index (χ1v) is 7.98. The van der Waals surface area contributed by atoms with Gasteiger partial charge >= 0.3 is 0 Å². The number of hydrogen-bond acceptors (Lipinski definition) is 3. The second-order valence-corrected chi connectivity index (χ2v) is 6.12. The summed E-state index contributed by atoms with van der Waals surface area (Å²) >= 11 is 11.1. The number of aryl methyl sites for hydroxylation is 1. The second-order valence-electron chi connectivity index (χ2n) is 5.29. The molecule has 0 aromatic heterocycles. The zero-order valence-electron chi connectivity index (χ0n) is 12.7. The van der Waals surface area contributed by atoms with Gasteiger partial charge in [-0.1, -0.05) is 41.9 Å². The molecule has 0 spiro atoms. The molecule has 1 heterocycles. The minimum absolute atomic E-state index is 0.0258. The Labute approximate surface area is 149 Å². The summed E-state index contributed by atoms with van der Waals surface area (Å²) in [6, 6.07) is 14.3. The Bertz CT molecular complexity index is 892. The van der Waals surface area contributed by atoms with Gasteiger partial charge in [0, 0.05) is 5.02 Å². The van der Waals surface area contributed by atoms with Crippen LogP contribution >= 0.6 is 23.8 Å². The second kappa shape index (κ2) is 6.55. The Morgan fingerprint density at radius 1 is 1.12 bits per heavy atom. The molecule has 1 aliphatic heterocycles. The highest BCUT2D eigenvalue weighted by atomic mass is 35.5. The van der Waals surface area contributed by atoms with Gasteiger partial charge in [-0.25, -0.2) is 0 Å². The molecule has 4 nitrogen and oxygen atoms in total. The van der Waals surface area contributed by atoms with Crippen molar-refractivity contribution in [3.8, 4) is 0 Å². The van der Waals surface area contributed by atoms with Gasteiger partial charge in [-0.15, -0.1) is 0 Å². The highest BCUT2D eigenvalue weighted by Crippen LogP contribution is 2.25. The molecule has 2 aromatic carbocycles. The zero-order chi connectivity index (χ0) is 17.3. The fourth-order valence-corrected chi connectivity index (χ4v) is 2.88. The maximum atomic E-state index is 12.8. The molecule has 6 heteroatoms. The fraction of sp³-hybridized carbons (Fsp3) is 0.0556. The summed E-state index contributed by atoms with van der Waals surface area (Å²) in [6.07, 6.45) is 1.58. The third-order valence-corrected chi connectivity index (χ3v) is 4.18. The third kappa shape index (κ3) is 3.09. The number of hydrogen-bond donors (Lipinski definition) is 1. The number of carbonyl (C=O) groups is 2. The van der Waals surface area contributed by atoms with E-state index in [0.29, 0.717) is 10.7 Å². The molecule has 2 amide bonds. The van der Waals surface area contributed by atoms with Crippen LogP contribution in [0, 0.1) is 6.92 Å². The molecule has 24 heavy (non-hydrogen) atoms. The topological polar surface area (TPSA) is 49.4 Å². The van der Waals surface area contributed by atoms with E-state index >= 15 is 0 Å². The predicted octanol–water partition coefficient (Wildman–Crippen LogP) is 3.48. The van der Waals surface area contributed by atoms with Crippen molar-refractivity contribution >= 4 is 52.5 Å². The van der Waals surface area contributed by atoms with E-state index in [0.717, 1.165) is 11.1 Å². The SMILES string of the molecule is Cc1ccccc1C=C1C(=O)NC(=S)N(c2cccc(Cl)c2)C1=O. The molecule has 0 unspecified atom stereocenters. The molecular formula is C18H13ClN2O2S. The molecule has 1 saturated heterocycles. The van der Waals surface area contributed by atoms with Crippen LogP contribution in [0.1, 0.15) is 11.1 Å². The van der Waals surface area contributed by atoms with Gasteiger partial charge in [-0.3, -0.25) is 19.8 Å². The standard InChI is InChI=1S/C18H13ClN2O2S/c1-11-5-2-3-6-12(11)9-15-16(22)20-18(24)21(17(15)23)14-8-4-7-13(19)10-14/h2-10H,1H3,(H,20,22,24). The third-order valence-electron chi connectivity index (χ3n) is 3.66. The minimum Gasteiger partial charge on any atom is -0.298 e. The van der Waals surface area contributed by atoms with Gasteiger partial charge in [0.1, 0.15) is 5.57 Å². The number of nitrogens with zero attached hydrogens (tertiary/aromatic N) is 1. The van der Waals surface area contributed by atoms with Crippen molar-refractivity contribution in [1.82, 2.24) is 5.32 Å². The summed E-state index contributed by atoms with van der Waals surface area (Å²) in [7, 11) is 0. The number of rotatable bonds is 2. The quantitative estimate of drug-likeness (QED) is 0.509. The van der Waals surface area contributed by atoms with Crippen molar-refractivity contribution in [2.24, 2.45) is 0 Å². The molecule has 1 N–H and O–H groups in total. The van der Waals surface area contributed by atoms with E-state index in [1.807, 2.05) is 31.2 Å².